The molecule has 3 rings (SSSR count). The van der Waals surface area contributed by atoms with Crippen molar-refractivity contribution in [3.63, 3.8) is 0 Å². The average molecular weight is 326 g/mol. The largest absolute Gasteiger partial charge is 0.497 e. The van der Waals surface area contributed by atoms with Gasteiger partial charge in [-0.15, -0.1) is 11.3 Å². The SMILES string of the molecule is COc1ccc(C(N)c2cc3c(s2)CCSC3)c(Cl)c1. The van der Waals surface area contributed by atoms with Gasteiger partial charge in [0.2, 0.25) is 0 Å². The third-order valence-electron chi connectivity index (χ3n) is 3.50. The zero-order valence-corrected chi connectivity index (χ0v) is 13.6. The van der Waals surface area contributed by atoms with E-state index >= 15 is 0 Å². The van der Waals surface area contributed by atoms with Gasteiger partial charge in [-0.2, -0.15) is 11.8 Å². The first-order valence-corrected chi connectivity index (χ1v) is 8.82. The molecule has 1 aliphatic heterocycles. The van der Waals surface area contributed by atoms with Gasteiger partial charge in [0.25, 0.3) is 0 Å². The van der Waals surface area contributed by atoms with Gasteiger partial charge in [0.15, 0.2) is 0 Å². The summed E-state index contributed by atoms with van der Waals surface area (Å²) in [5.41, 5.74) is 8.80. The Hall–Kier alpha value is -0.680. The summed E-state index contributed by atoms with van der Waals surface area (Å²) in [4.78, 5) is 2.68. The van der Waals surface area contributed by atoms with Gasteiger partial charge in [0.05, 0.1) is 13.2 Å². The second-order valence-electron chi connectivity index (χ2n) is 4.76. The highest BCUT2D eigenvalue weighted by atomic mass is 35.5. The Labute approximate surface area is 132 Å². The zero-order valence-electron chi connectivity index (χ0n) is 11.2. The number of fused-ring (bicyclic) bond motifs is 1. The van der Waals surface area contributed by atoms with Crippen molar-refractivity contribution >= 4 is 34.7 Å². The predicted molar refractivity (Wildman–Crippen MR) is 88.2 cm³/mol. The number of methoxy groups -OCH3 is 1. The number of halogens is 1. The molecule has 1 aromatic heterocycles. The molecule has 2 heterocycles. The van der Waals surface area contributed by atoms with Crippen molar-refractivity contribution < 1.29 is 4.74 Å². The van der Waals surface area contributed by atoms with Crippen molar-refractivity contribution in [1.29, 1.82) is 0 Å². The van der Waals surface area contributed by atoms with Crippen LogP contribution in [-0.2, 0) is 12.2 Å². The van der Waals surface area contributed by atoms with Crippen LogP contribution >= 0.6 is 34.7 Å². The predicted octanol–water partition coefficient (Wildman–Crippen LogP) is 4.25. The normalized spacial score (nSPS) is 15.8. The summed E-state index contributed by atoms with van der Waals surface area (Å²) in [7, 11) is 1.64. The van der Waals surface area contributed by atoms with Gasteiger partial charge in [-0.1, -0.05) is 17.7 Å². The van der Waals surface area contributed by atoms with E-state index in [1.165, 1.54) is 21.1 Å². The number of thiophene rings is 1. The highest BCUT2D eigenvalue weighted by Gasteiger charge is 2.19. The minimum atomic E-state index is -0.158. The molecule has 1 aliphatic rings. The van der Waals surface area contributed by atoms with Crippen LogP contribution in [0.15, 0.2) is 24.3 Å². The van der Waals surface area contributed by atoms with E-state index in [1.807, 2.05) is 41.3 Å². The smallest absolute Gasteiger partial charge is 0.120 e. The van der Waals surface area contributed by atoms with Crippen molar-refractivity contribution in [2.24, 2.45) is 5.73 Å². The number of nitrogens with two attached hydrogens (primary N) is 1. The van der Waals surface area contributed by atoms with Gasteiger partial charge < -0.3 is 10.5 Å². The molecule has 2 nitrogen and oxygen atoms in total. The van der Waals surface area contributed by atoms with Gasteiger partial charge >= 0.3 is 0 Å². The Kier molecular flexibility index (Phi) is 4.26. The Morgan fingerprint density at radius 3 is 2.90 bits per heavy atom. The molecule has 106 valence electrons. The highest BCUT2D eigenvalue weighted by molar-refractivity contribution is 7.98. The lowest BCUT2D eigenvalue weighted by molar-refractivity contribution is 0.414. The van der Waals surface area contributed by atoms with Crippen LogP contribution in [0.25, 0.3) is 0 Å². The molecule has 0 radical (unpaired) electrons. The fourth-order valence-electron chi connectivity index (χ4n) is 2.36. The zero-order chi connectivity index (χ0) is 14.1. The van der Waals surface area contributed by atoms with E-state index in [2.05, 4.69) is 6.07 Å². The molecule has 1 aromatic carbocycles. The van der Waals surface area contributed by atoms with Crippen molar-refractivity contribution in [1.82, 2.24) is 0 Å². The summed E-state index contributed by atoms with van der Waals surface area (Å²) in [6, 6.07) is 7.77. The van der Waals surface area contributed by atoms with E-state index in [1.54, 1.807) is 7.11 Å². The average Bonchev–Trinajstić information content (AvgIpc) is 2.90. The molecular weight excluding hydrogens is 310 g/mol. The molecule has 0 saturated heterocycles. The van der Waals surface area contributed by atoms with Crippen molar-refractivity contribution in [2.75, 3.05) is 12.9 Å². The molecule has 2 aromatic rings. The second kappa shape index (κ2) is 5.98. The first-order chi connectivity index (χ1) is 9.69. The number of ether oxygens (including phenoxy) is 1. The number of hydrogen-bond acceptors (Lipinski definition) is 4. The van der Waals surface area contributed by atoms with Crippen molar-refractivity contribution in [3.05, 3.63) is 50.2 Å². The van der Waals surface area contributed by atoms with Crippen LogP contribution in [-0.4, -0.2) is 12.9 Å². The molecule has 1 atom stereocenters. The lowest BCUT2D eigenvalue weighted by Gasteiger charge is -2.13. The molecule has 0 aliphatic carbocycles. The monoisotopic (exact) mass is 325 g/mol. The Bertz CT molecular complexity index is 603. The summed E-state index contributed by atoms with van der Waals surface area (Å²) in [5, 5.41) is 0.664. The maximum Gasteiger partial charge on any atom is 0.120 e. The highest BCUT2D eigenvalue weighted by Crippen LogP contribution is 2.37. The van der Waals surface area contributed by atoms with Crippen LogP contribution in [0.3, 0.4) is 0 Å². The third-order valence-corrected chi connectivity index (χ3v) is 6.15. The van der Waals surface area contributed by atoms with Crippen LogP contribution in [0.5, 0.6) is 5.75 Å². The Morgan fingerprint density at radius 2 is 2.20 bits per heavy atom. The van der Waals surface area contributed by atoms with Gasteiger partial charge in [0.1, 0.15) is 5.75 Å². The summed E-state index contributed by atoms with van der Waals surface area (Å²) < 4.78 is 5.18. The first kappa shape index (κ1) is 14.3. The standard InChI is InChI=1S/C15H16ClNOS2/c1-18-10-2-3-11(12(16)7-10)15(17)14-6-9-8-19-5-4-13(9)20-14/h2-3,6-7,15H,4-5,8,17H2,1H3. The van der Waals surface area contributed by atoms with E-state index in [0.29, 0.717) is 5.02 Å². The van der Waals surface area contributed by atoms with Crippen LogP contribution in [0.4, 0.5) is 0 Å². The molecule has 20 heavy (non-hydrogen) atoms. The van der Waals surface area contributed by atoms with Crippen molar-refractivity contribution in [3.8, 4) is 5.75 Å². The Morgan fingerprint density at radius 1 is 1.35 bits per heavy atom. The summed E-state index contributed by atoms with van der Waals surface area (Å²) in [6.45, 7) is 0. The number of benzene rings is 1. The van der Waals surface area contributed by atoms with Crippen LogP contribution in [0.2, 0.25) is 5.02 Å². The topological polar surface area (TPSA) is 35.2 Å². The molecule has 0 amide bonds. The van der Waals surface area contributed by atoms with Gasteiger partial charge in [-0.25, -0.2) is 0 Å². The number of rotatable bonds is 3. The van der Waals surface area contributed by atoms with Crippen LogP contribution < -0.4 is 10.5 Å². The van der Waals surface area contributed by atoms with E-state index in [-0.39, 0.29) is 6.04 Å². The van der Waals surface area contributed by atoms with Gasteiger partial charge in [-0.3, -0.25) is 0 Å². The number of thioether (sulfide) groups is 1. The Balaban J connectivity index is 1.92. The lowest BCUT2D eigenvalue weighted by Crippen LogP contribution is -2.10. The summed E-state index contributed by atoms with van der Waals surface area (Å²) in [5.74, 6) is 3.08. The molecule has 2 N–H and O–H groups in total. The molecule has 0 bridgehead atoms. The van der Waals surface area contributed by atoms with Gasteiger partial charge in [-0.05, 0) is 41.5 Å². The number of hydrogen-bond donors (Lipinski definition) is 1. The molecule has 0 spiro atoms. The first-order valence-electron chi connectivity index (χ1n) is 6.47. The van der Waals surface area contributed by atoms with Crippen molar-refractivity contribution in [2.45, 2.75) is 18.2 Å². The number of aryl methyl sites for hydroxylation is 1. The molecule has 1 unspecified atom stereocenters. The van der Waals surface area contributed by atoms with E-state index in [0.717, 1.165) is 23.5 Å². The summed E-state index contributed by atoms with van der Waals surface area (Å²) in [6.07, 6.45) is 1.16. The fourth-order valence-corrected chi connectivity index (χ4v) is 5.05. The molecule has 5 heteroatoms. The fraction of sp³-hybridized carbons (Fsp3) is 0.333. The van der Waals surface area contributed by atoms with Gasteiger partial charge in [0, 0.05) is 20.5 Å². The van der Waals surface area contributed by atoms with E-state index < -0.39 is 0 Å². The quantitative estimate of drug-likeness (QED) is 0.916. The molecule has 0 saturated carbocycles. The van der Waals surface area contributed by atoms with E-state index in [9.17, 15) is 0 Å². The summed E-state index contributed by atoms with van der Waals surface area (Å²) >= 11 is 10.1. The maximum atomic E-state index is 6.40. The minimum Gasteiger partial charge on any atom is -0.497 e. The maximum absolute atomic E-state index is 6.40. The third kappa shape index (κ3) is 2.70. The minimum absolute atomic E-state index is 0.158. The lowest BCUT2D eigenvalue weighted by atomic mass is 10.1. The van der Waals surface area contributed by atoms with Crippen LogP contribution in [0, 0.1) is 0 Å². The van der Waals surface area contributed by atoms with Crippen LogP contribution in [0.1, 0.15) is 26.9 Å². The second-order valence-corrected chi connectivity index (χ2v) is 7.45. The molecular formula is C15H16ClNOS2. The molecule has 0 fully saturated rings. The van der Waals surface area contributed by atoms with E-state index in [4.69, 9.17) is 22.1 Å².